The number of aromatic nitrogens is 1. The van der Waals surface area contributed by atoms with Crippen LogP contribution in [0.1, 0.15) is 15.9 Å². The molecule has 198 valence electrons. The van der Waals surface area contributed by atoms with Gasteiger partial charge in [-0.1, -0.05) is 24.3 Å². The van der Waals surface area contributed by atoms with Crippen LogP contribution >= 0.6 is 0 Å². The number of nitrogens with one attached hydrogen (secondary N) is 2. The fourth-order valence-electron chi connectivity index (χ4n) is 4.16. The van der Waals surface area contributed by atoms with E-state index in [4.69, 9.17) is 11.5 Å². The first-order chi connectivity index (χ1) is 18.2. The van der Waals surface area contributed by atoms with Crippen LogP contribution in [-0.2, 0) is 17.8 Å². The maximum atomic E-state index is 13.8. The Morgan fingerprint density at radius 3 is 2.58 bits per heavy atom. The molecule has 2 amide bonds. The number of para-hydroxylation sites is 1. The van der Waals surface area contributed by atoms with Crippen LogP contribution in [0.4, 0.5) is 14.5 Å². The van der Waals surface area contributed by atoms with Crippen LogP contribution < -0.4 is 22.1 Å². The summed E-state index contributed by atoms with van der Waals surface area (Å²) < 4.78 is 29.1. The van der Waals surface area contributed by atoms with E-state index in [-0.39, 0.29) is 30.6 Å². The second-order valence-corrected chi connectivity index (χ2v) is 9.12. The number of hydrogen-bond donors (Lipinski definition) is 5. The van der Waals surface area contributed by atoms with Crippen LogP contribution in [0, 0.1) is 11.6 Å². The standard InChI is InChI=1S/C28H29F2N5O3/c29-20-8-9-23(30)19(12-20)13-21(31)15-33-27(37)18-5-3-6-22(14-18)34-28(38)26(36)24(32)16-35-11-10-17-4-1-2-7-25(17)35/h1-12,14,21,24,26,36H,13,15-16,31-32H2,(H,33,37)(H,34,38). The van der Waals surface area contributed by atoms with Gasteiger partial charge >= 0.3 is 0 Å². The predicted molar refractivity (Wildman–Crippen MR) is 141 cm³/mol. The molecule has 0 saturated carbocycles. The summed E-state index contributed by atoms with van der Waals surface area (Å²) in [5.74, 6) is -2.31. The quantitative estimate of drug-likeness (QED) is 0.219. The van der Waals surface area contributed by atoms with Gasteiger partial charge in [0.1, 0.15) is 17.7 Å². The third kappa shape index (κ3) is 6.60. The number of hydrogen-bond acceptors (Lipinski definition) is 5. The summed E-state index contributed by atoms with van der Waals surface area (Å²) in [7, 11) is 0. The first-order valence-electron chi connectivity index (χ1n) is 12.1. The molecule has 4 aromatic rings. The molecule has 1 heterocycles. The van der Waals surface area contributed by atoms with Crippen LogP contribution in [0.3, 0.4) is 0 Å². The summed E-state index contributed by atoms with van der Waals surface area (Å²) in [6.07, 6.45) is 0.393. The largest absolute Gasteiger partial charge is 0.382 e. The fraction of sp³-hybridized carbons (Fsp3) is 0.214. The lowest BCUT2D eigenvalue weighted by Crippen LogP contribution is -2.45. The highest BCUT2D eigenvalue weighted by molar-refractivity contribution is 5.98. The molecule has 0 spiro atoms. The molecule has 0 radical (unpaired) electrons. The van der Waals surface area contributed by atoms with Gasteiger partial charge in [-0.25, -0.2) is 8.78 Å². The smallest absolute Gasteiger partial charge is 0.254 e. The number of aliphatic hydroxyl groups excluding tert-OH is 1. The summed E-state index contributed by atoms with van der Waals surface area (Å²) in [5, 5.41) is 16.8. The van der Waals surface area contributed by atoms with E-state index in [1.165, 1.54) is 6.07 Å². The molecule has 3 atom stereocenters. The maximum Gasteiger partial charge on any atom is 0.254 e. The highest BCUT2D eigenvalue weighted by Gasteiger charge is 2.24. The van der Waals surface area contributed by atoms with Crippen LogP contribution in [0.2, 0.25) is 0 Å². The van der Waals surface area contributed by atoms with E-state index in [1.54, 1.807) is 18.2 Å². The number of nitrogens with zero attached hydrogens (tertiary/aromatic N) is 1. The van der Waals surface area contributed by atoms with E-state index in [0.29, 0.717) is 5.69 Å². The summed E-state index contributed by atoms with van der Waals surface area (Å²) in [6, 6.07) is 17.4. The Kier molecular flexibility index (Phi) is 8.47. The fourth-order valence-corrected chi connectivity index (χ4v) is 4.16. The molecular formula is C28H29F2N5O3. The average molecular weight is 522 g/mol. The number of benzene rings is 3. The topological polar surface area (TPSA) is 135 Å². The Morgan fingerprint density at radius 2 is 1.76 bits per heavy atom. The van der Waals surface area contributed by atoms with Crippen molar-refractivity contribution in [3.63, 3.8) is 0 Å². The van der Waals surface area contributed by atoms with Gasteiger partial charge in [0.05, 0.1) is 6.04 Å². The Hall–Kier alpha value is -4.12. The van der Waals surface area contributed by atoms with Gasteiger partial charge < -0.3 is 31.8 Å². The Labute approximate surface area is 218 Å². The van der Waals surface area contributed by atoms with E-state index in [9.17, 15) is 23.5 Å². The van der Waals surface area contributed by atoms with Gasteiger partial charge in [-0.3, -0.25) is 9.59 Å². The predicted octanol–water partition coefficient (Wildman–Crippen LogP) is 2.55. The third-order valence-corrected chi connectivity index (χ3v) is 6.17. The molecule has 3 unspecified atom stereocenters. The minimum absolute atomic E-state index is 0.0208. The number of carbonyl (C=O) groups excluding carboxylic acids is 2. The van der Waals surface area contributed by atoms with Crippen molar-refractivity contribution >= 4 is 28.4 Å². The van der Waals surface area contributed by atoms with Crippen molar-refractivity contribution in [3.8, 4) is 0 Å². The molecule has 1 aromatic heterocycles. The van der Waals surface area contributed by atoms with Crippen LogP contribution in [0.15, 0.2) is 79.0 Å². The Bertz CT molecular complexity index is 1440. The Balaban J connectivity index is 1.31. The molecular weight excluding hydrogens is 492 g/mol. The minimum Gasteiger partial charge on any atom is -0.382 e. The molecule has 0 aliphatic heterocycles. The SMILES string of the molecule is NC(CNC(=O)c1cccc(NC(=O)C(O)C(N)Cn2ccc3ccccc32)c1)Cc1cc(F)ccc1F. The van der Waals surface area contributed by atoms with Gasteiger partial charge in [0, 0.05) is 42.1 Å². The van der Waals surface area contributed by atoms with E-state index >= 15 is 0 Å². The molecule has 0 aliphatic carbocycles. The van der Waals surface area contributed by atoms with Crippen molar-refractivity contribution in [2.75, 3.05) is 11.9 Å². The zero-order valence-corrected chi connectivity index (χ0v) is 20.5. The molecule has 3 aromatic carbocycles. The minimum atomic E-state index is -1.49. The zero-order chi connectivity index (χ0) is 27.2. The lowest BCUT2D eigenvalue weighted by atomic mass is 10.1. The van der Waals surface area contributed by atoms with E-state index in [0.717, 1.165) is 29.1 Å². The van der Waals surface area contributed by atoms with Crippen molar-refractivity contribution in [2.24, 2.45) is 11.5 Å². The Morgan fingerprint density at radius 1 is 0.974 bits per heavy atom. The zero-order valence-electron chi connectivity index (χ0n) is 20.5. The number of anilines is 1. The van der Waals surface area contributed by atoms with Crippen LogP contribution in [0.5, 0.6) is 0 Å². The van der Waals surface area contributed by atoms with Gasteiger partial charge in [0.25, 0.3) is 11.8 Å². The summed E-state index contributed by atoms with van der Waals surface area (Å²) >= 11 is 0. The maximum absolute atomic E-state index is 13.8. The normalized spacial score (nSPS) is 13.6. The van der Waals surface area contributed by atoms with Crippen LogP contribution in [-0.4, -0.2) is 46.2 Å². The summed E-state index contributed by atoms with van der Waals surface area (Å²) in [5.41, 5.74) is 13.7. The van der Waals surface area contributed by atoms with Crippen molar-refractivity contribution < 1.29 is 23.5 Å². The number of fused-ring (bicyclic) bond motifs is 1. The summed E-state index contributed by atoms with van der Waals surface area (Å²) in [4.78, 5) is 25.2. The molecule has 38 heavy (non-hydrogen) atoms. The molecule has 4 rings (SSSR count). The number of amides is 2. The van der Waals surface area contributed by atoms with Gasteiger partial charge in [-0.2, -0.15) is 0 Å². The van der Waals surface area contributed by atoms with E-state index in [1.807, 2.05) is 41.1 Å². The molecule has 0 saturated heterocycles. The number of aliphatic hydroxyl groups is 1. The van der Waals surface area contributed by atoms with Gasteiger partial charge in [-0.05, 0) is 65.9 Å². The average Bonchev–Trinajstić information content (AvgIpc) is 3.31. The van der Waals surface area contributed by atoms with Gasteiger partial charge in [0.15, 0.2) is 0 Å². The first-order valence-corrected chi connectivity index (χ1v) is 12.1. The molecule has 8 nitrogen and oxygen atoms in total. The molecule has 10 heteroatoms. The van der Waals surface area contributed by atoms with Gasteiger partial charge in [0.2, 0.25) is 0 Å². The van der Waals surface area contributed by atoms with Crippen molar-refractivity contribution in [2.45, 2.75) is 31.2 Å². The van der Waals surface area contributed by atoms with Crippen molar-refractivity contribution in [1.82, 2.24) is 9.88 Å². The number of halogens is 2. The number of nitrogens with two attached hydrogens (primary N) is 2. The monoisotopic (exact) mass is 521 g/mol. The molecule has 0 fully saturated rings. The number of carbonyl (C=O) groups is 2. The molecule has 0 aliphatic rings. The third-order valence-electron chi connectivity index (χ3n) is 6.17. The highest BCUT2D eigenvalue weighted by atomic mass is 19.1. The highest BCUT2D eigenvalue weighted by Crippen LogP contribution is 2.17. The second kappa shape index (κ2) is 12.0. The first kappa shape index (κ1) is 26.9. The van der Waals surface area contributed by atoms with Crippen molar-refractivity contribution in [1.29, 1.82) is 0 Å². The second-order valence-electron chi connectivity index (χ2n) is 9.12. The lowest BCUT2D eigenvalue weighted by Gasteiger charge is -2.20. The summed E-state index contributed by atoms with van der Waals surface area (Å²) in [6.45, 7) is 0.247. The van der Waals surface area contributed by atoms with E-state index in [2.05, 4.69) is 10.6 Å². The lowest BCUT2D eigenvalue weighted by molar-refractivity contribution is -0.125. The van der Waals surface area contributed by atoms with Crippen LogP contribution in [0.25, 0.3) is 10.9 Å². The molecule has 7 N–H and O–H groups in total. The van der Waals surface area contributed by atoms with Gasteiger partial charge in [-0.15, -0.1) is 0 Å². The van der Waals surface area contributed by atoms with E-state index < -0.39 is 41.6 Å². The number of rotatable bonds is 10. The van der Waals surface area contributed by atoms with Crippen molar-refractivity contribution in [3.05, 3.63) is 102 Å². The molecule has 0 bridgehead atoms.